The predicted molar refractivity (Wildman–Crippen MR) is 110 cm³/mol. The minimum Gasteiger partial charge on any atom is -0.465 e. The molecule has 1 aromatic rings. The number of halogens is 6. The highest BCUT2D eigenvalue weighted by molar-refractivity contribution is 8.00. The number of nitrogens with one attached hydrogen (secondary N) is 1. The summed E-state index contributed by atoms with van der Waals surface area (Å²) in [6.45, 7) is 1.54. The first-order valence-corrected chi connectivity index (χ1v) is 11.5. The molecule has 3 atom stereocenters. The van der Waals surface area contributed by atoms with Crippen LogP contribution in [0.4, 0.5) is 31.1 Å². The Balaban J connectivity index is 1.78. The number of carboxylic acid groups (broad SMARTS) is 1. The number of aliphatic hydroxyl groups excluding tert-OH is 1. The summed E-state index contributed by atoms with van der Waals surface area (Å²) in [5.41, 5.74) is -2.64. The van der Waals surface area contributed by atoms with Gasteiger partial charge in [-0.1, -0.05) is 6.92 Å². The van der Waals surface area contributed by atoms with E-state index < -0.39 is 60.0 Å². The van der Waals surface area contributed by atoms with Gasteiger partial charge in [0.2, 0.25) is 11.7 Å². The molecule has 196 valence electrons. The van der Waals surface area contributed by atoms with Crippen molar-refractivity contribution in [2.45, 2.75) is 56.2 Å². The summed E-state index contributed by atoms with van der Waals surface area (Å²) < 4.78 is 79.4. The van der Waals surface area contributed by atoms with Crippen molar-refractivity contribution in [2.75, 3.05) is 25.4 Å². The lowest BCUT2D eigenvalue weighted by atomic mass is 10.0. The maximum absolute atomic E-state index is 13.4. The normalized spacial score (nSPS) is 21.4. The maximum Gasteiger partial charge on any atom is 0.451 e. The van der Waals surface area contributed by atoms with E-state index in [0.717, 1.165) is 0 Å². The number of carbonyl (C=O) groups is 2. The van der Waals surface area contributed by atoms with Crippen molar-refractivity contribution in [1.82, 2.24) is 25.1 Å². The van der Waals surface area contributed by atoms with Crippen LogP contribution in [-0.4, -0.2) is 84.9 Å². The van der Waals surface area contributed by atoms with Gasteiger partial charge < -0.3 is 20.4 Å². The Labute approximate surface area is 199 Å². The van der Waals surface area contributed by atoms with Gasteiger partial charge in [-0.05, 0) is 6.42 Å². The molecule has 2 unspecified atom stereocenters. The van der Waals surface area contributed by atoms with Gasteiger partial charge in [-0.2, -0.15) is 26.3 Å². The molecule has 3 heterocycles. The maximum atomic E-state index is 13.4. The van der Waals surface area contributed by atoms with Gasteiger partial charge in [0.1, 0.15) is 6.23 Å². The molecule has 1 aromatic heterocycles. The molecule has 9 nitrogen and oxygen atoms in total. The van der Waals surface area contributed by atoms with Gasteiger partial charge in [-0.25, -0.2) is 14.8 Å². The first-order valence-electron chi connectivity index (χ1n) is 10.5. The Bertz CT molecular complexity index is 963. The van der Waals surface area contributed by atoms with Crippen LogP contribution in [0.25, 0.3) is 0 Å². The van der Waals surface area contributed by atoms with E-state index >= 15 is 0 Å². The molecular weight excluding hydrogens is 508 g/mol. The fourth-order valence-electron chi connectivity index (χ4n) is 4.04. The van der Waals surface area contributed by atoms with Gasteiger partial charge in [0.05, 0.1) is 17.5 Å². The van der Waals surface area contributed by atoms with Crippen molar-refractivity contribution in [3.8, 4) is 0 Å². The molecule has 1 saturated heterocycles. The van der Waals surface area contributed by atoms with Gasteiger partial charge in [0, 0.05) is 43.4 Å². The second kappa shape index (κ2) is 10.3. The van der Waals surface area contributed by atoms with Gasteiger partial charge in [0.15, 0.2) is 5.69 Å². The summed E-state index contributed by atoms with van der Waals surface area (Å²) in [6, 6.07) is -0.926. The zero-order valence-corrected chi connectivity index (χ0v) is 19.2. The van der Waals surface area contributed by atoms with Crippen LogP contribution in [0.15, 0.2) is 0 Å². The molecular formula is C19H23F6N5O4S. The van der Waals surface area contributed by atoms with E-state index in [2.05, 4.69) is 15.3 Å². The second-order valence-electron chi connectivity index (χ2n) is 8.32. The molecule has 0 aliphatic carbocycles. The van der Waals surface area contributed by atoms with Crippen LogP contribution < -0.4 is 5.32 Å². The molecule has 16 heteroatoms. The smallest absolute Gasteiger partial charge is 0.451 e. The summed E-state index contributed by atoms with van der Waals surface area (Å²) in [4.78, 5) is 32.1. The van der Waals surface area contributed by atoms with Crippen LogP contribution >= 0.6 is 11.8 Å². The monoisotopic (exact) mass is 531 g/mol. The van der Waals surface area contributed by atoms with Crippen LogP contribution in [0.5, 0.6) is 0 Å². The molecule has 0 spiro atoms. The number of thioether (sulfide) groups is 1. The van der Waals surface area contributed by atoms with Crippen LogP contribution in [0, 0.1) is 0 Å². The first-order chi connectivity index (χ1) is 16.1. The summed E-state index contributed by atoms with van der Waals surface area (Å²) in [7, 11) is 0. The first kappa shape index (κ1) is 27.3. The molecule has 1 fully saturated rings. The Morgan fingerprint density at radius 2 is 1.91 bits per heavy atom. The fourth-order valence-corrected chi connectivity index (χ4v) is 4.93. The lowest BCUT2D eigenvalue weighted by molar-refractivity contribution is -0.153. The number of amides is 2. The van der Waals surface area contributed by atoms with Crippen molar-refractivity contribution in [1.29, 1.82) is 0 Å². The number of hydrogen-bond donors (Lipinski definition) is 3. The molecule has 0 radical (unpaired) electrons. The summed E-state index contributed by atoms with van der Waals surface area (Å²) >= 11 is 1.45. The topological polar surface area (TPSA) is 119 Å². The van der Waals surface area contributed by atoms with E-state index in [9.17, 15) is 41.0 Å². The Morgan fingerprint density at radius 3 is 2.51 bits per heavy atom. The average Bonchev–Trinajstić information content (AvgIpc) is 2.73. The number of fused-ring (bicyclic) bond motifs is 1. The van der Waals surface area contributed by atoms with Crippen LogP contribution in [0.1, 0.15) is 36.1 Å². The molecule has 2 aliphatic rings. The number of alkyl halides is 6. The van der Waals surface area contributed by atoms with Crippen LogP contribution in [-0.2, 0) is 30.1 Å². The third-order valence-electron chi connectivity index (χ3n) is 5.62. The predicted octanol–water partition coefficient (Wildman–Crippen LogP) is 2.18. The molecule has 0 bridgehead atoms. The van der Waals surface area contributed by atoms with Gasteiger partial charge in [0.25, 0.3) is 0 Å². The van der Waals surface area contributed by atoms with E-state index in [1.54, 1.807) is 0 Å². The highest BCUT2D eigenvalue weighted by Crippen LogP contribution is 2.37. The van der Waals surface area contributed by atoms with Crippen molar-refractivity contribution < 1.29 is 46.1 Å². The quantitative estimate of drug-likeness (QED) is 0.478. The van der Waals surface area contributed by atoms with Crippen molar-refractivity contribution in [3.05, 3.63) is 22.8 Å². The summed E-state index contributed by atoms with van der Waals surface area (Å²) in [6.07, 6.45) is -13.8. The SMILES string of the molecule is CC1CN(C[C@H](CC(O)N2CCc3c(nc(C(F)(F)F)nc3C(F)(F)F)C2)NC(=O)O)C(=O)CS1. The fraction of sp³-hybridized carbons (Fsp3) is 0.684. The van der Waals surface area contributed by atoms with Crippen molar-refractivity contribution in [2.24, 2.45) is 0 Å². The van der Waals surface area contributed by atoms with E-state index in [-0.39, 0.29) is 42.8 Å². The highest BCUT2D eigenvalue weighted by Gasteiger charge is 2.44. The third-order valence-corrected chi connectivity index (χ3v) is 6.76. The number of nitrogens with zero attached hydrogens (tertiary/aromatic N) is 4. The minimum absolute atomic E-state index is 0.0455. The highest BCUT2D eigenvalue weighted by atomic mass is 32.2. The second-order valence-corrected chi connectivity index (χ2v) is 9.75. The molecule has 3 rings (SSSR count). The average molecular weight is 531 g/mol. The van der Waals surface area contributed by atoms with Gasteiger partial charge in [-0.15, -0.1) is 11.8 Å². The van der Waals surface area contributed by atoms with Crippen LogP contribution in [0.2, 0.25) is 0 Å². The third kappa shape index (κ3) is 6.88. The Morgan fingerprint density at radius 1 is 1.23 bits per heavy atom. The standard InChI is InChI=1S/C19H23F6N5O4S/c1-9-5-30(14(32)8-35-9)6-10(26-17(33)34)4-13(31)29-3-2-11-12(7-29)27-16(19(23,24)25)28-15(11)18(20,21)22/h9-10,13,26,31H,2-8H2,1H3,(H,33,34)/t9?,10-,13?/m0/s1. The zero-order chi connectivity index (χ0) is 26.1. The lowest BCUT2D eigenvalue weighted by Crippen LogP contribution is -2.52. The summed E-state index contributed by atoms with van der Waals surface area (Å²) in [5, 5.41) is 22.2. The molecule has 0 saturated carbocycles. The number of rotatable bonds is 6. The Kier molecular flexibility index (Phi) is 8.06. The number of aromatic nitrogens is 2. The van der Waals surface area contributed by atoms with E-state index in [1.807, 2.05) is 6.92 Å². The Hall–Kier alpha value is -2.33. The van der Waals surface area contributed by atoms with Gasteiger partial charge >= 0.3 is 18.4 Å². The molecule has 0 aromatic carbocycles. The number of hydrogen-bond acceptors (Lipinski definition) is 7. The molecule has 2 amide bonds. The van der Waals surface area contributed by atoms with Gasteiger partial charge in [-0.3, -0.25) is 9.69 Å². The minimum atomic E-state index is -5.21. The van der Waals surface area contributed by atoms with E-state index in [0.29, 0.717) is 6.54 Å². The summed E-state index contributed by atoms with van der Waals surface area (Å²) in [5.74, 6) is -1.92. The number of aliphatic hydroxyl groups is 1. The van der Waals surface area contributed by atoms with Crippen molar-refractivity contribution >= 4 is 23.8 Å². The molecule has 2 aliphatic heterocycles. The van der Waals surface area contributed by atoms with Crippen LogP contribution in [0.3, 0.4) is 0 Å². The van der Waals surface area contributed by atoms with Crippen molar-refractivity contribution in [3.63, 3.8) is 0 Å². The molecule has 3 N–H and O–H groups in total. The van der Waals surface area contributed by atoms with E-state index in [4.69, 9.17) is 5.11 Å². The van der Waals surface area contributed by atoms with E-state index in [1.165, 1.54) is 21.6 Å². The lowest BCUT2D eigenvalue weighted by Gasteiger charge is -2.37. The number of carbonyl (C=O) groups excluding carboxylic acids is 1. The zero-order valence-electron chi connectivity index (χ0n) is 18.4. The largest absolute Gasteiger partial charge is 0.465 e. The molecule has 35 heavy (non-hydrogen) atoms.